The van der Waals surface area contributed by atoms with Crippen molar-refractivity contribution >= 4 is 23.2 Å². The van der Waals surface area contributed by atoms with Crippen LogP contribution in [0.1, 0.15) is 62.5 Å². The van der Waals surface area contributed by atoms with Gasteiger partial charge in [0.2, 0.25) is 0 Å². The van der Waals surface area contributed by atoms with E-state index in [1.807, 2.05) is 48.5 Å². The molecule has 2 aromatic rings. The quantitative estimate of drug-likeness (QED) is 0.338. The van der Waals surface area contributed by atoms with Crippen molar-refractivity contribution in [2.24, 2.45) is 0 Å². The average molecular weight is 443 g/mol. The van der Waals surface area contributed by atoms with Gasteiger partial charge in [0.15, 0.2) is 0 Å². The number of benzene rings is 2. The van der Waals surface area contributed by atoms with Crippen LogP contribution in [-0.4, -0.2) is 11.8 Å². The van der Waals surface area contributed by atoms with E-state index < -0.39 is 0 Å². The molecule has 160 valence electrons. The summed E-state index contributed by atoms with van der Waals surface area (Å²) < 4.78 is 0. The lowest BCUT2D eigenvalue weighted by Crippen LogP contribution is -2.26. The number of alkyl halides is 2. The molecule has 3 rings (SSSR count). The van der Waals surface area contributed by atoms with Crippen LogP contribution in [0.4, 0.5) is 0 Å². The minimum absolute atomic E-state index is 0.181. The first kappa shape index (κ1) is 26.0. The third kappa shape index (κ3) is 10.2. The summed E-state index contributed by atoms with van der Waals surface area (Å²) in [6, 6.07) is 24.6. The van der Waals surface area contributed by atoms with Gasteiger partial charge in [-0.1, -0.05) is 86.3 Å². The largest absolute Gasteiger partial charge is 0.198 e. The molecule has 0 atom stereocenters. The van der Waals surface area contributed by atoms with Gasteiger partial charge < -0.3 is 0 Å². The average Bonchev–Trinajstić information content (AvgIpc) is 2.82. The fourth-order valence-corrected chi connectivity index (χ4v) is 3.81. The van der Waals surface area contributed by atoms with Gasteiger partial charge in [-0.15, -0.1) is 23.2 Å². The van der Waals surface area contributed by atoms with Crippen molar-refractivity contribution in [2.45, 2.75) is 63.2 Å². The molecule has 2 aromatic carbocycles. The van der Waals surface area contributed by atoms with Gasteiger partial charge in [0.25, 0.3) is 0 Å². The molecule has 0 N–H and O–H groups in total. The standard InChI is InChI=1S/C13H15N.C8H7N.C5H10Cl2/c14-11-13(9-5-2-6-10-13)12-7-3-1-4-8-12;9-7-6-8-4-2-1-3-5-8;6-4-2-1-3-5-7/h1,3-4,7-8H,2,5-6,9-10H2;1-5H,6H2;1-5H2. The van der Waals surface area contributed by atoms with E-state index in [2.05, 4.69) is 24.3 Å². The molecule has 0 bridgehead atoms. The van der Waals surface area contributed by atoms with Gasteiger partial charge >= 0.3 is 0 Å². The zero-order valence-corrected chi connectivity index (χ0v) is 19.2. The fraction of sp³-hybridized carbons (Fsp3) is 0.462. The Hall–Kier alpha value is -2.00. The lowest BCUT2D eigenvalue weighted by Gasteiger charge is -2.30. The van der Waals surface area contributed by atoms with Crippen molar-refractivity contribution in [1.82, 2.24) is 0 Å². The Morgan fingerprint density at radius 1 is 0.733 bits per heavy atom. The van der Waals surface area contributed by atoms with Crippen LogP contribution in [0.5, 0.6) is 0 Å². The summed E-state index contributed by atoms with van der Waals surface area (Å²) in [6.45, 7) is 0. The predicted octanol–water partition coefficient (Wildman–Crippen LogP) is 7.80. The van der Waals surface area contributed by atoms with E-state index >= 15 is 0 Å². The molecule has 0 saturated heterocycles. The van der Waals surface area contributed by atoms with Crippen LogP contribution in [0.2, 0.25) is 0 Å². The predicted molar refractivity (Wildman–Crippen MR) is 128 cm³/mol. The molecule has 1 aliphatic carbocycles. The molecule has 0 aromatic heterocycles. The molecule has 0 radical (unpaired) electrons. The summed E-state index contributed by atoms with van der Waals surface area (Å²) in [4.78, 5) is 0. The lowest BCUT2D eigenvalue weighted by molar-refractivity contribution is 0.366. The molecule has 4 heteroatoms. The Morgan fingerprint density at radius 3 is 1.73 bits per heavy atom. The first-order valence-electron chi connectivity index (χ1n) is 10.7. The van der Waals surface area contributed by atoms with Crippen molar-refractivity contribution in [3.8, 4) is 12.1 Å². The van der Waals surface area contributed by atoms with Gasteiger partial charge in [0.1, 0.15) is 0 Å². The second-order valence-corrected chi connectivity index (χ2v) is 8.14. The molecule has 30 heavy (non-hydrogen) atoms. The maximum absolute atomic E-state index is 9.34. The Kier molecular flexibility index (Phi) is 14.5. The number of hydrogen-bond acceptors (Lipinski definition) is 2. The number of hydrogen-bond donors (Lipinski definition) is 0. The van der Waals surface area contributed by atoms with Crippen LogP contribution in [0.3, 0.4) is 0 Å². The van der Waals surface area contributed by atoms with Crippen LogP contribution in [0.15, 0.2) is 60.7 Å². The van der Waals surface area contributed by atoms with Crippen molar-refractivity contribution in [1.29, 1.82) is 10.5 Å². The van der Waals surface area contributed by atoms with E-state index in [9.17, 15) is 5.26 Å². The summed E-state index contributed by atoms with van der Waals surface area (Å²) in [5, 5.41) is 17.6. The van der Waals surface area contributed by atoms with E-state index in [4.69, 9.17) is 28.5 Å². The summed E-state index contributed by atoms with van der Waals surface area (Å²) in [7, 11) is 0. The summed E-state index contributed by atoms with van der Waals surface area (Å²) in [5.41, 5.74) is 2.11. The fourth-order valence-electron chi connectivity index (χ4n) is 3.43. The Labute approximate surface area is 192 Å². The topological polar surface area (TPSA) is 47.6 Å². The molecular formula is C26H32Cl2N2. The smallest absolute Gasteiger partial charge is 0.0822 e. The lowest BCUT2D eigenvalue weighted by atomic mass is 9.70. The molecule has 0 heterocycles. The van der Waals surface area contributed by atoms with E-state index in [1.165, 1.54) is 31.2 Å². The van der Waals surface area contributed by atoms with Crippen molar-refractivity contribution < 1.29 is 0 Å². The van der Waals surface area contributed by atoms with Crippen LogP contribution < -0.4 is 0 Å². The summed E-state index contributed by atoms with van der Waals surface area (Å²) in [6.07, 6.45) is 9.65. The maximum Gasteiger partial charge on any atom is 0.0822 e. The van der Waals surface area contributed by atoms with Gasteiger partial charge in [0.05, 0.1) is 24.0 Å². The highest BCUT2D eigenvalue weighted by Crippen LogP contribution is 2.38. The van der Waals surface area contributed by atoms with Gasteiger partial charge in [-0.3, -0.25) is 0 Å². The molecule has 0 amide bonds. The highest BCUT2D eigenvalue weighted by atomic mass is 35.5. The third-order valence-corrected chi connectivity index (χ3v) is 5.68. The second kappa shape index (κ2) is 16.8. The zero-order chi connectivity index (χ0) is 21.9. The SMILES string of the molecule is ClCCCCCCl.N#CC1(c2ccccc2)CCCCC1.N#CCc1ccccc1. The van der Waals surface area contributed by atoms with Gasteiger partial charge in [-0.25, -0.2) is 0 Å². The third-order valence-electron chi connectivity index (χ3n) is 5.14. The van der Waals surface area contributed by atoms with Crippen LogP contribution >= 0.6 is 23.2 Å². The molecule has 2 nitrogen and oxygen atoms in total. The molecule has 1 fully saturated rings. The second-order valence-electron chi connectivity index (χ2n) is 7.38. The molecule has 1 saturated carbocycles. The monoisotopic (exact) mass is 442 g/mol. The van der Waals surface area contributed by atoms with Crippen LogP contribution in [0.25, 0.3) is 0 Å². The normalized spacial score (nSPS) is 14.0. The zero-order valence-electron chi connectivity index (χ0n) is 17.7. The van der Waals surface area contributed by atoms with Gasteiger partial charge in [-0.2, -0.15) is 10.5 Å². The molecule has 0 aliphatic heterocycles. The van der Waals surface area contributed by atoms with Gasteiger partial charge in [0, 0.05) is 11.8 Å². The number of rotatable bonds is 6. The molecule has 1 aliphatic rings. The minimum atomic E-state index is -0.181. The number of halogens is 2. The molecule has 0 spiro atoms. The number of unbranched alkanes of at least 4 members (excludes halogenated alkanes) is 2. The van der Waals surface area contributed by atoms with Crippen LogP contribution in [-0.2, 0) is 11.8 Å². The maximum atomic E-state index is 9.34. The number of nitriles is 2. The first-order chi connectivity index (χ1) is 14.7. The van der Waals surface area contributed by atoms with E-state index in [1.54, 1.807) is 0 Å². The highest BCUT2D eigenvalue weighted by molar-refractivity contribution is 6.18. The minimum Gasteiger partial charge on any atom is -0.198 e. The first-order valence-corrected chi connectivity index (χ1v) is 11.8. The van der Waals surface area contributed by atoms with Crippen LogP contribution in [0, 0.1) is 22.7 Å². The van der Waals surface area contributed by atoms with Crippen molar-refractivity contribution in [3.63, 3.8) is 0 Å². The van der Waals surface area contributed by atoms with E-state index in [0.717, 1.165) is 43.0 Å². The van der Waals surface area contributed by atoms with E-state index in [-0.39, 0.29) is 5.41 Å². The van der Waals surface area contributed by atoms with Crippen molar-refractivity contribution in [3.05, 3.63) is 71.8 Å². The van der Waals surface area contributed by atoms with Gasteiger partial charge in [-0.05, 0) is 36.8 Å². The van der Waals surface area contributed by atoms with E-state index in [0.29, 0.717) is 6.42 Å². The summed E-state index contributed by atoms with van der Waals surface area (Å²) >= 11 is 10.8. The van der Waals surface area contributed by atoms with Crippen molar-refractivity contribution in [2.75, 3.05) is 11.8 Å². The summed E-state index contributed by atoms with van der Waals surface area (Å²) in [5.74, 6) is 1.55. The Balaban J connectivity index is 0.000000244. The molecule has 0 unspecified atom stereocenters. The highest BCUT2D eigenvalue weighted by Gasteiger charge is 2.33. The molecular weight excluding hydrogens is 411 g/mol. The Morgan fingerprint density at radius 2 is 1.27 bits per heavy atom. The number of nitrogens with zero attached hydrogens (tertiary/aromatic N) is 2. The Bertz CT molecular complexity index is 738.